The summed E-state index contributed by atoms with van der Waals surface area (Å²) in [4.78, 5) is 33.5. The Bertz CT molecular complexity index is 1380. The highest BCUT2D eigenvalue weighted by Crippen LogP contribution is 2.20. The number of nitrogens with zero attached hydrogens (tertiary/aromatic N) is 5. The molecule has 34 heavy (non-hydrogen) atoms. The van der Waals surface area contributed by atoms with Gasteiger partial charge in [-0.1, -0.05) is 60.7 Å². The molecule has 1 aliphatic rings. The first-order chi connectivity index (χ1) is 16.5. The van der Waals surface area contributed by atoms with Crippen LogP contribution in [0.4, 0.5) is 0 Å². The van der Waals surface area contributed by atoms with E-state index in [1.807, 2.05) is 77.1 Å². The minimum absolute atomic E-state index is 0.00130. The van der Waals surface area contributed by atoms with Crippen LogP contribution >= 0.6 is 0 Å². The number of hydrogen-bond acceptors (Lipinski definition) is 4. The van der Waals surface area contributed by atoms with Crippen molar-refractivity contribution in [3.8, 4) is 11.4 Å². The topological polar surface area (TPSA) is 72.5 Å². The van der Waals surface area contributed by atoms with Gasteiger partial charge in [-0.15, -0.1) is 5.10 Å². The second kappa shape index (κ2) is 9.25. The molecule has 7 nitrogen and oxygen atoms in total. The monoisotopic (exact) mass is 455 g/mol. The molecule has 0 unspecified atom stereocenters. The van der Waals surface area contributed by atoms with Crippen molar-refractivity contribution in [1.82, 2.24) is 24.1 Å². The number of aromatic nitrogens is 4. The standard InChI is InChI=1S/C27H29N5O2/c1-19-11-9-10-16-30(19)24(33)17-23-20(2)31(18-21-12-5-3-6-13-21)27-28-25(29-32(27)26(23)34)22-14-7-4-8-15-22/h3-8,12-15,19H,9-11,16-18H2,1-2H3/t19-/m1/s1. The van der Waals surface area contributed by atoms with Crippen LogP contribution in [0.15, 0.2) is 65.5 Å². The van der Waals surface area contributed by atoms with Crippen LogP contribution in [-0.4, -0.2) is 42.6 Å². The highest BCUT2D eigenvalue weighted by Gasteiger charge is 2.26. The second-order valence-corrected chi connectivity index (χ2v) is 9.06. The van der Waals surface area contributed by atoms with Gasteiger partial charge < -0.3 is 9.47 Å². The van der Waals surface area contributed by atoms with Crippen molar-refractivity contribution in [3.05, 3.63) is 87.8 Å². The molecule has 0 saturated carbocycles. The Hall–Kier alpha value is -3.74. The van der Waals surface area contributed by atoms with Gasteiger partial charge in [0, 0.05) is 29.4 Å². The van der Waals surface area contributed by atoms with E-state index in [0.717, 1.165) is 42.6 Å². The maximum atomic E-state index is 13.6. The molecule has 5 rings (SSSR count). The Morgan fingerprint density at radius 2 is 1.74 bits per heavy atom. The van der Waals surface area contributed by atoms with E-state index < -0.39 is 0 Å². The van der Waals surface area contributed by atoms with Crippen molar-refractivity contribution in [2.24, 2.45) is 0 Å². The first-order valence-corrected chi connectivity index (χ1v) is 11.9. The van der Waals surface area contributed by atoms with Crippen LogP contribution in [-0.2, 0) is 17.8 Å². The Balaban J connectivity index is 1.63. The van der Waals surface area contributed by atoms with E-state index in [1.165, 1.54) is 4.52 Å². The van der Waals surface area contributed by atoms with Gasteiger partial charge in [-0.3, -0.25) is 9.59 Å². The molecule has 1 fully saturated rings. The zero-order chi connectivity index (χ0) is 23.7. The van der Waals surface area contributed by atoms with Crippen molar-refractivity contribution in [2.75, 3.05) is 6.54 Å². The minimum Gasteiger partial charge on any atom is -0.340 e. The number of amides is 1. The number of piperidine rings is 1. The summed E-state index contributed by atoms with van der Waals surface area (Å²) in [5, 5.41) is 4.57. The van der Waals surface area contributed by atoms with Crippen molar-refractivity contribution >= 4 is 11.7 Å². The van der Waals surface area contributed by atoms with E-state index in [4.69, 9.17) is 4.98 Å². The van der Waals surface area contributed by atoms with Crippen LogP contribution < -0.4 is 5.56 Å². The number of carbonyl (C=O) groups excluding carboxylic acids is 1. The summed E-state index contributed by atoms with van der Waals surface area (Å²) in [5.41, 5.74) is 2.89. The van der Waals surface area contributed by atoms with Crippen LogP contribution in [0.5, 0.6) is 0 Å². The molecule has 2 aromatic heterocycles. The van der Waals surface area contributed by atoms with Crippen LogP contribution in [0.25, 0.3) is 17.2 Å². The number of benzene rings is 2. The van der Waals surface area contributed by atoms with E-state index >= 15 is 0 Å². The average molecular weight is 456 g/mol. The molecule has 1 atom stereocenters. The predicted octanol–water partition coefficient (Wildman–Crippen LogP) is 3.86. The number of carbonyl (C=O) groups is 1. The van der Waals surface area contributed by atoms with Crippen molar-refractivity contribution in [2.45, 2.75) is 52.1 Å². The van der Waals surface area contributed by atoms with Crippen LogP contribution in [0, 0.1) is 6.92 Å². The van der Waals surface area contributed by atoms with E-state index in [0.29, 0.717) is 23.7 Å². The summed E-state index contributed by atoms with van der Waals surface area (Å²) in [6.07, 6.45) is 3.22. The summed E-state index contributed by atoms with van der Waals surface area (Å²) >= 11 is 0. The molecule has 0 spiro atoms. The SMILES string of the molecule is Cc1c(CC(=O)N2CCCC[C@H]2C)c(=O)n2nc(-c3ccccc3)nc2n1Cc1ccccc1. The fourth-order valence-corrected chi connectivity index (χ4v) is 4.80. The third kappa shape index (κ3) is 4.14. The van der Waals surface area contributed by atoms with Crippen molar-refractivity contribution in [3.63, 3.8) is 0 Å². The normalized spacial score (nSPS) is 16.2. The van der Waals surface area contributed by atoms with E-state index in [9.17, 15) is 9.59 Å². The van der Waals surface area contributed by atoms with E-state index in [1.54, 1.807) is 0 Å². The minimum atomic E-state index is -0.274. The molecule has 4 aromatic rings. The van der Waals surface area contributed by atoms with Gasteiger partial charge in [0.2, 0.25) is 11.7 Å². The highest BCUT2D eigenvalue weighted by atomic mass is 16.2. The maximum Gasteiger partial charge on any atom is 0.279 e. The molecule has 0 bridgehead atoms. The molecule has 3 heterocycles. The lowest BCUT2D eigenvalue weighted by molar-refractivity contribution is -0.133. The lowest BCUT2D eigenvalue weighted by Gasteiger charge is -2.33. The molecule has 0 radical (unpaired) electrons. The van der Waals surface area contributed by atoms with E-state index in [2.05, 4.69) is 12.0 Å². The third-order valence-electron chi connectivity index (χ3n) is 6.79. The lowest BCUT2D eigenvalue weighted by atomic mass is 10.0. The first kappa shape index (κ1) is 22.1. The summed E-state index contributed by atoms with van der Waals surface area (Å²) in [7, 11) is 0. The Morgan fingerprint density at radius 3 is 2.44 bits per heavy atom. The smallest absolute Gasteiger partial charge is 0.279 e. The average Bonchev–Trinajstić information content (AvgIpc) is 3.31. The van der Waals surface area contributed by atoms with Crippen molar-refractivity contribution < 1.29 is 4.79 Å². The maximum absolute atomic E-state index is 13.6. The second-order valence-electron chi connectivity index (χ2n) is 9.06. The molecule has 0 N–H and O–H groups in total. The summed E-state index contributed by atoms with van der Waals surface area (Å²) in [5.74, 6) is 0.973. The molecule has 0 aliphatic carbocycles. The third-order valence-corrected chi connectivity index (χ3v) is 6.79. The van der Waals surface area contributed by atoms with Gasteiger partial charge >= 0.3 is 0 Å². The Labute approximate surface area is 198 Å². The van der Waals surface area contributed by atoms with Crippen LogP contribution in [0.2, 0.25) is 0 Å². The van der Waals surface area contributed by atoms with Gasteiger partial charge in [0.05, 0.1) is 13.0 Å². The largest absolute Gasteiger partial charge is 0.340 e. The number of rotatable bonds is 5. The van der Waals surface area contributed by atoms with E-state index in [-0.39, 0.29) is 23.9 Å². The van der Waals surface area contributed by atoms with Crippen LogP contribution in [0.1, 0.15) is 43.0 Å². The fraction of sp³-hybridized carbons (Fsp3) is 0.333. The van der Waals surface area contributed by atoms with Crippen LogP contribution in [0.3, 0.4) is 0 Å². The fourth-order valence-electron chi connectivity index (χ4n) is 4.80. The molecule has 7 heteroatoms. The van der Waals surface area contributed by atoms with Gasteiger partial charge in [0.25, 0.3) is 5.56 Å². The van der Waals surface area contributed by atoms with Gasteiger partial charge in [-0.2, -0.15) is 9.50 Å². The quantitative estimate of drug-likeness (QED) is 0.458. The molecule has 1 saturated heterocycles. The number of fused-ring (bicyclic) bond motifs is 1. The Kier molecular flexibility index (Phi) is 6.01. The molecular weight excluding hydrogens is 426 g/mol. The van der Waals surface area contributed by atoms with Gasteiger partial charge in [0.1, 0.15) is 0 Å². The lowest BCUT2D eigenvalue weighted by Crippen LogP contribution is -2.43. The summed E-state index contributed by atoms with van der Waals surface area (Å²) in [6, 6.07) is 19.9. The zero-order valence-corrected chi connectivity index (χ0v) is 19.6. The summed E-state index contributed by atoms with van der Waals surface area (Å²) < 4.78 is 3.36. The van der Waals surface area contributed by atoms with Gasteiger partial charge in [-0.05, 0) is 38.7 Å². The summed E-state index contributed by atoms with van der Waals surface area (Å²) in [6.45, 7) is 5.28. The predicted molar refractivity (Wildman–Crippen MR) is 132 cm³/mol. The molecule has 1 aliphatic heterocycles. The number of hydrogen-bond donors (Lipinski definition) is 0. The van der Waals surface area contributed by atoms with Gasteiger partial charge in [0.15, 0.2) is 5.82 Å². The molecule has 174 valence electrons. The molecule has 1 amide bonds. The molecule has 2 aromatic carbocycles. The highest BCUT2D eigenvalue weighted by molar-refractivity contribution is 5.79. The first-order valence-electron chi connectivity index (χ1n) is 11.9. The van der Waals surface area contributed by atoms with Gasteiger partial charge in [-0.25, -0.2) is 0 Å². The number of likely N-dealkylation sites (tertiary alicyclic amines) is 1. The zero-order valence-electron chi connectivity index (χ0n) is 19.6. The van der Waals surface area contributed by atoms with Crippen molar-refractivity contribution in [1.29, 1.82) is 0 Å². The molecular formula is C27H29N5O2. The Morgan fingerprint density at radius 1 is 1.03 bits per heavy atom.